The lowest BCUT2D eigenvalue weighted by Gasteiger charge is -2.35. The Labute approximate surface area is 304 Å². The van der Waals surface area contributed by atoms with Crippen LogP contribution in [0.4, 0.5) is 39.5 Å². The van der Waals surface area contributed by atoms with Crippen LogP contribution in [0.5, 0.6) is 0 Å². The highest BCUT2D eigenvalue weighted by molar-refractivity contribution is 5.89. The maximum Gasteiger partial charge on any atom is 0.411 e. The number of alkyl halides is 9. The quantitative estimate of drug-likeness (QED) is 0.168. The Morgan fingerprint density at radius 2 is 1.09 bits per heavy atom. The first-order valence-electron chi connectivity index (χ1n) is 17.4. The van der Waals surface area contributed by atoms with Crippen molar-refractivity contribution in [3.8, 4) is 44.9 Å². The highest BCUT2D eigenvalue weighted by Gasteiger charge is 2.75. The number of hydrogen-bond acceptors (Lipinski definition) is 2. The number of nitrogens with zero attached hydrogens (tertiary/aromatic N) is 2. The molecular weight excluding hydrogens is 715 g/mol. The topological polar surface area (TPSA) is 25.8 Å². The molecule has 0 fully saturated rings. The average molecular weight is 745 g/mol. The van der Waals surface area contributed by atoms with E-state index in [-0.39, 0.29) is 22.5 Å². The predicted molar refractivity (Wildman–Crippen MR) is 187 cm³/mol. The van der Waals surface area contributed by atoms with Gasteiger partial charge in [-0.15, -0.1) is 0 Å². The van der Waals surface area contributed by atoms with E-state index in [1.165, 1.54) is 31.2 Å². The van der Waals surface area contributed by atoms with Crippen LogP contribution < -0.4 is 0 Å². The zero-order chi connectivity index (χ0) is 38.4. The van der Waals surface area contributed by atoms with Gasteiger partial charge in [0.25, 0.3) is 0 Å². The summed E-state index contributed by atoms with van der Waals surface area (Å²) < 4.78 is 131. The van der Waals surface area contributed by atoms with Gasteiger partial charge >= 0.3 is 18.5 Å². The van der Waals surface area contributed by atoms with Gasteiger partial charge in [0.2, 0.25) is 5.41 Å². The van der Waals surface area contributed by atoms with Gasteiger partial charge in [-0.3, -0.25) is 0 Å². The summed E-state index contributed by atoms with van der Waals surface area (Å²) in [5.74, 6) is 0. The van der Waals surface area contributed by atoms with Crippen LogP contribution in [0.25, 0.3) is 50.5 Å². The normalized spacial score (nSPS) is 20.3. The molecule has 54 heavy (non-hydrogen) atoms. The number of hydrogen-bond donors (Lipinski definition) is 0. The van der Waals surface area contributed by atoms with Crippen molar-refractivity contribution in [2.75, 3.05) is 0 Å². The number of fused-ring (bicyclic) bond motifs is 8. The second-order valence-electron chi connectivity index (χ2n) is 15.1. The van der Waals surface area contributed by atoms with Gasteiger partial charge in [-0.1, -0.05) is 86.7 Å². The molecule has 0 aliphatic heterocycles. The van der Waals surface area contributed by atoms with E-state index in [2.05, 4.69) is 4.98 Å². The molecule has 2 heterocycles. The van der Waals surface area contributed by atoms with Crippen LogP contribution in [-0.2, 0) is 16.2 Å². The maximum absolute atomic E-state index is 14.6. The van der Waals surface area contributed by atoms with E-state index in [0.29, 0.717) is 40.9 Å². The molecular formula is C43H29F9N2. The molecule has 1 unspecified atom stereocenters. The van der Waals surface area contributed by atoms with E-state index < -0.39 is 45.9 Å². The number of allylic oxidation sites excluding steroid dienone is 4. The third kappa shape index (κ3) is 4.26. The van der Waals surface area contributed by atoms with Crippen LogP contribution in [0.3, 0.4) is 0 Å². The van der Waals surface area contributed by atoms with Gasteiger partial charge < -0.3 is 0 Å². The smallest absolute Gasteiger partial charge is 0.247 e. The van der Waals surface area contributed by atoms with E-state index in [4.69, 9.17) is 4.98 Å². The minimum Gasteiger partial charge on any atom is -0.247 e. The number of rotatable bonds is 2. The van der Waals surface area contributed by atoms with E-state index in [1.807, 2.05) is 50.3 Å². The third-order valence-corrected chi connectivity index (χ3v) is 12.0. The fourth-order valence-corrected chi connectivity index (χ4v) is 9.24. The molecule has 3 aromatic carbocycles. The van der Waals surface area contributed by atoms with Crippen LogP contribution in [0, 0.1) is 0 Å². The van der Waals surface area contributed by atoms with Crippen molar-refractivity contribution in [2.24, 2.45) is 0 Å². The van der Waals surface area contributed by atoms with Gasteiger partial charge in [-0.25, -0.2) is 9.97 Å². The minimum atomic E-state index is -5.68. The summed E-state index contributed by atoms with van der Waals surface area (Å²) in [4.78, 5) is 9.28. The lowest BCUT2D eigenvalue weighted by atomic mass is 9.76. The average Bonchev–Trinajstić information content (AvgIpc) is 3.67. The summed E-state index contributed by atoms with van der Waals surface area (Å²) in [5.41, 5.74) is -2.45. The fraction of sp³-hybridized carbons (Fsp3) is 0.256. The monoisotopic (exact) mass is 744 g/mol. The number of benzene rings is 3. The lowest BCUT2D eigenvalue weighted by Crippen LogP contribution is -2.53. The molecule has 0 spiro atoms. The van der Waals surface area contributed by atoms with Crippen LogP contribution in [0.15, 0.2) is 103 Å². The summed E-state index contributed by atoms with van der Waals surface area (Å²) in [6.07, 6.45) is -11.4. The first-order chi connectivity index (χ1) is 25.3. The Hall–Kier alpha value is -5.19. The fourth-order valence-electron chi connectivity index (χ4n) is 9.24. The van der Waals surface area contributed by atoms with Gasteiger partial charge in [0.05, 0.1) is 22.8 Å². The van der Waals surface area contributed by atoms with Crippen LogP contribution in [-0.4, -0.2) is 28.5 Å². The highest BCUT2D eigenvalue weighted by atomic mass is 19.4. The molecule has 274 valence electrons. The molecule has 2 nitrogen and oxygen atoms in total. The molecule has 1 atom stereocenters. The van der Waals surface area contributed by atoms with Crippen molar-refractivity contribution < 1.29 is 39.5 Å². The van der Waals surface area contributed by atoms with Crippen molar-refractivity contribution in [3.05, 3.63) is 136 Å². The number of halogens is 9. The second-order valence-corrected chi connectivity index (χ2v) is 15.1. The molecule has 4 aliphatic rings. The van der Waals surface area contributed by atoms with Crippen molar-refractivity contribution in [3.63, 3.8) is 0 Å². The number of aromatic nitrogens is 2. The number of pyridine rings is 2. The Balaban J connectivity index is 1.11. The Bertz CT molecular complexity index is 2500. The predicted octanol–water partition coefficient (Wildman–Crippen LogP) is 12.4. The summed E-state index contributed by atoms with van der Waals surface area (Å²) in [5, 5.41) is 0. The minimum absolute atomic E-state index is 0.142. The Morgan fingerprint density at radius 3 is 1.67 bits per heavy atom. The van der Waals surface area contributed by atoms with Crippen molar-refractivity contribution >= 4 is 5.57 Å². The molecule has 4 aliphatic carbocycles. The zero-order valence-electron chi connectivity index (χ0n) is 28.9. The molecule has 0 bridgehead atoms. The molecule has 5 aromatic rings. The molecule has 0 saturated heterocycles. The molecule has 0 radical (unpaired) electrons. The van der Waals surface area contributed by atoms with Gasteiger partial charge in [-0.2, -0.15) is 39.5 Å². The molecule has 2 aromatic heterocycles. The largest absolute Gasteiger partial charge is 0.411 e. The summed E-state index contributed by atoms with van der Waals surface area (Å²) in [6.45, 7) is 5.24. The Kier molecular flexibility index (Phi) is 6.87. The zero-order valence-corrected chi connectivity index (χ0v) is 28.9. The van der Waals surface area contributed by atoms with Gasteiger partial charge in [-0.05, 0) is 83.0 Å². The maximum atomic E-state index is 14.6. The Morgan fingerprint density at radius 1 is 0.537 bits per heavy atom. The first-order valence-corrected chi connectivity index (χ1v) is 17.4. The molecule has 9 rings (SSSR count). The van der Waals surface area contributed by atoms with Gasteiger partial charge in [0.15, 0.2) is 0 Å². The van der Waals surface area contributed by atoms with Crippen molar-refractivity contribution in [1.82, 2.24) is 9.97 Å². The van der Waals surface area contributed by atoms with E-state index in [0.717, 1.165) is 46.0 Å². The first kappa shape index (κ1) is 34.6. The van der Waals surface area contributed by atoms with Crippen LogP contribution in [0.2, 0.25) is 0 Å². The van der Waals surface area contributed by atoms with Crippen LogP contribution in [0.1, 0.15) is 67.1 Å². The third-order valence-electron chi connectivity index (χ3n) is 12.0. The highest BCUT2D eigenvalue weighted by Crippen LogP contribution is 2.63. The molecule has 0 N–H and O–H groups in total. The van der Waals surface area contributed by atoms with Gasteiger partial charge in [0, 0.05) is 33.2 Å². The summed E-state index contributed by atoms with van der Waals surface area (Å²) in [6, 6.07) is 21.2. The van der Waals surface area contributed by atoms with E-state index >= 15 is 0 Å². The van der Waals surface area contributed by atoms with E-state index in [9.17, 15) is 39.5 Å². The lowest BCUT2D eigenvalue weighted by molar-refractivity contribution is -0.287. The van der Waals surface area contributed by atoms with Gasteiger partial charge in [0.1, 0.15) is 5.41 Å². The standard InChI is InChI=1S/C43H29F9N2/c1-38(2)32-20-22(34-18-16-30-36(53-34)26-8-4-6-10-28(26)39(30,3)41(44,45)46)12-14-24(32)25-15-13-23(21-33(25)38)35-19-17-31-37(54-35)27-9-5-7-11-29(27)40(31,42(47,48)49)43(50,51)52/h4-5,7-9,11-21H,6,10H2,1-3H3. The summed E-state index contributed by atoms with van der Waals surface area (Å²) >= 11 is 0. The summed E-state index contributed by atoms with van der Waals surface area (Å²) in [7, 11) is 0. The molecule has 11 heteroatoms. The molecule has 0 amide bonds. The SMILES string of the molecule is CC1(C)c2cc(-c3ccc4c(n3)C3=C(CCC=C3)C4(C)C(F)(F)F)ccc2-c2ccc(-c3ccc4c(n3)-c3ccccc3C4(C(F)(F)F)C(F)(F)F)cc21. The van der Waals surface area contributed by atoms with Crippen molar-refractivity contribution in [2.45, 2.75) is 68.4 Å². The van der Waals surface area contributed by atoms with Crippen LogP contribution >= 0.6 is 0 Å². The van der Waals surface area contributed by atoms with E-state index in [1.54, 1.807) is 18.2 Å². The molecule has 0 saturated carbocycles. The second kappa shape index (κ2) is 10.7. The van der Waals surface area contributed by atoms with Crippen molar-refractivity contribution in [1.29, 1.82) is 0 Å².